The van der Waals surface area contributed by atoms with E-state index in [-0.39, 0.29) is 5.56 Å². The van der Waals surface area contributed by atoms with Gasteiger partial charge in [0.2, 0.25) is 0 Å². The molecule has 4 heteroatoms. The van der Waals surface area contributed by atoms with E-state index >= 15 is 0 Å². The Bertz CT molecular complexity index is 585. The van der Waals surface area contributed by atoms with Gasteiger partial charge in [-0.05, 0) is 30.7 Å². The summed E-state index contributed by atoms with van der Waals surface area (Å²) < 4.78 is 13.4. The van der Waals surface area contributed by atoms with Crippen LogP contribution in [0.25, 0.3) is 0 Å². The van der Waals surface area contributed by atoms with Crippen molar-refractivity contribution in [1.29, 1.82) is 5.26 Å². The Hall–Kier alpha value is -2.41. The van der Waals surface area contributed by atoms with Crippen molar-refractivity contribution < 1.29 is 4.39 Å². The summed E-state index contributed by atoms with van der Waals surface area (Å²) in [7, 11) is 0. The minimum Gasteiger partial charge on any atom is -0.380 e. The molecule has 0 bridgehead atoms. The zero-order valence-corrected chi connectivity index (χ0v) is 9.94. The second-order valence-corrected chi connectivity index (χ2v) is 3.94. The molecule has 0 spiro atoms. The molecule has 2 rings (SSSR count). The van der Waals surface area contributed by atoms with Crippen molar-refractivity contribution in [2.75, 3.05) is 5.32 Å². The first-order valence-corrected chi connectivity index (χ1v) is 5.54. The van der Waals surface area contributed by atoms with Crippen LogP contribution in [-0.2, 0) is 6.54 Å². The van der Waals surface area contributed by atoms with Crippen LogP contribution < -0.4 is 5.32 Å². The third-order valence-electron chi connectivity index (χ3n) is 2.58. The van der Waals surface area contributed by atoms with Gasteiger partial charge in [0, 0.05) is 18.4 Å². The lowest BCUT2D eigenvalue weighted by molar-refractivity contribution is 0.624. The van der Waals surface area contributed by atoms with Crippen LogP contribution >= 0.6 is 0 Å². The number of hydrogen-bond donors (Lipinski definition) is 1. The van der Waals surface area contributed by atoms with Crippen molar-refractivity contribution in [3.8, 4) is 6.07 Å². The summed E-state index contributed by atoms with van der Waals surface area (Å²) in [5.74, 6) is -0.510. The summed E-state index contributed by atoms with van der Waals surface area (Å²) in [5.41, 5.74) is 2.46. The Morgan fingerprint density at radius 1 is 1.33 bits per heavy atom. The molecule has 0 unspecified atom stereocenters. The van der Waals surface area contributed by atoms with Crippen LogP contribution in [0.3, 0.4) is 0 Å². The van der Waals surface area contributed by atoms with Gasteiger partial charge in [-0.3, -0.25) is 4.98 Å². The number of aromatic nitrogens is 1. The average Bonchev–Trinajstić information content (AvgIpc) is 2.38. The first-order valence-electron chi connectivity index (χ1n) is 5.54. The van der Waals surface area contributed by atoms with Gasteiger partial charge in [0.1, 0.15) is 17.4 Å². The van der Waals surface area contributed by atoms with E-state index in [0.29, 0.717) is 12.2 Å². The summed E-state index contributed by atoms with van der Waals surface area (Å²) in [6, 6.07) is 10.2. The largest absolute Gasteiger partial charge is 0.380 e. The Kier molecular flexibility index (Phi) is 3.54. The Morgan fingerprint density at radius 3 is 2.83 bits per heavy atom. The van der Waals surface area contributed by atoms with Crippen molar-refractivity contribution in [2.24, 2.45) is 0 Å². The maximum atomic E-state index is 13.4. The maximum absolute atomic E-state index is 13.4. The molecule has 90 valence electrons. The fraction of sp³-hybridized carbons (Fsp3) is 0.143. The summed E-state index contributed by atoms with van der Waals surface area (Å²) in [6.07, 6.45) is 1.76. The van der Waals surface area contributed by atoms with Gasteiger partial charge in [-0.25, -0.2) is 4.39 Å². The summed E-state index contributed by atoms with van der Waals surface area (Å²) in [6.45, 7) is 2.42. The molecule has 0 aliphatic rings. The fourth-order valence-corrected chi connectivity index (χ4v) is 1.59. The summed E-state index contributed by atoms with van der Waals surface area (Å²) in [5, 5.41) is 11.9. The number of nitrogens with zero attached hydrogens (tertiary/aromatic N) is 2. The van der Waals surface area contributed by atoms with Crippen LogP contribution in [0.4, 0.5) is 10.1 Å². The predicted octanol–water partition coefficient (Wildman–Crippen LogP) is 3.01. The van der Waals surface area contributed by atoms with Crippen LogP contribution in [0.5, 0.6) is 0 Å². The molecule has 18 heavy (non-hydrogen) atoms. The lowest BCUT2D eigenvalue weighted by Gasteiger charge is -2.08. The van der Waals surface area contributed by atoms with Crippen molar-refractivity contribution in [1.82, 2.24) is 4.98 Å². The van der Waals surface area contributed by atoms with Crippen LogP contribution in [0.1, 0.15) is 16.8 Å². The number of halogens is 1. The highest BCUT2D eigenvalue weighted by atomic mass is 19.1. The van der Waals surface area contributed by atoms with E-state index in [9.17, 15) is 4.39 Å². The number of nitriles is 1. The molecule has 3 nitrogen and oxygen atoms in total. The van der Waals surface area contributed by atoms with Gasteiger partial charge in [0.05, 0.1) is 5.69 Å². The third kappa shape index (κ3) is 2.64. The van der Waals surface area contributed by atoms with Crippen molar-refractivity contribution in [3.63, 3.8) is 0 Å². The standard InChI is InChI=1S/C14H12FN3/c1-10-5-6-11(8-17-10)9-18-14-4-2-3-13(15)12(14)7-16/h2-6,8,18H,9H2,1H3. The number of hydrogen-bond acceptors (Lipinski definition) is 3. The zero-order chi connectivity index (χ0) is 13.0. The van der Waals surface area contributed by atoms with E-state index in [1.807, 2.05) is 25.1 Å². The normalized spacial score (nSPS) is 9.83. The molecule has 0 aliphatic carbocycles. The summed E-state index contributed by atoms with van der Waals surface area (Å²) in [4.78, 5) is 4.17. The molecule has 0 aliphatic heterocycles. The number of rotatable bonds is 3. The molecule has 1 aromatic carbocycles. The van der Waals surface area contributed by atoms with Gasteiger partial charge in [-0.2, -0.15) is 5.26 Å². The van der Waals surface area contributed by atoms with Crippen molar-refractivity contribution >= 4 is 5.69 Å². The molecule has 0 atom stereocenters. The third-order valence-corrected chi connectivity index (χ3v) is 2.58. The van der Waals surface area contributed by atoms with E-state index < -0.39 is 5.82 Å². The van der Waals surface area contributed by atoms with E-state index in [1.165, 1.54) is 6.07 Å². The highest BCUT2D eigenvalue weighted by Crippen LogP contribution is 2.18. The van der Waals surface area contributed by atoms with Crippen LogP contribution in [0.15, 0.2) is 36.5 Å². The molecule has 1 heterocycles. The topological polar surface area (TPSA) is 48.7 Å². The SMILES string of the molecule is Cc1ccc(CNc2cccc(F)c2C#N)cn1. The highest BCUT2D eigenvalue weighted by Gasteiger charge is 2.06. The first-order chi connectivity index (χ1) is 8.70. The number of nitrogens with one attached hydrogen (secondary N) is 1. The molecule has 0 fully saturated rings. The monoisotopic (exact) mass is 241 g/mol. The number of anilines is 1. The van der Waals surface area contributed by atoms with Crippen LogP contribution in [-0.4, -0.2) is 4.98 Å². The first kappa shape index (κ1) is 12.1. The van der Waals surface area contributed by atoms with Crippen LogP contribution in [0.2, 0.25) is 0 Å². The smallest absolute Gasteiger partial charge is 0.143 e. The Labute approximate surface area is 105 Å². The lowest BCUT2D eigenvalue weighted by atomic mass is 10.1. The Morgan fingerprint density at radius 2 is 2.17 bits per heavy atom. The molecule has 1 N–H and O–H groups in total. The lowest BCUT2D eigenvalue weighted by Crippen LogP contribution is -2.03. The second kappa shape index (κ2) is 5.28. The van der Waals surface area contributed by atoms with E-state index in [0.717, 1.165) is 11.3 Å². The fourth-order valence-electron chi connectivity index (χ4n) is 1.59. The number of aryl methyl sites for hydroxylation is 1. The second-order valence-electron chi connectivity index (χ2n) is 3.94. The molecule has 1 aromatic heterocycles. The van der Waals surface area contributed by atoms with Gasteiger partial charge in [0.15, 0.2) is 0 Å². The molecule has 0 amide bonds. The molecular formula is C14H12FN3. The maximum Gasteiger partial charge on any atom is 0.143 e. The van der Waals surface area contributed by atoms with Gasteiger partial charge in [-0.15, -0.1) is 0 Å². The number of pyridine rings is 1. The molecule has 0 radical (unpaired) electrons. The molecule has 0 saturated heterocycles. The minimum atomic E-state index is -0.510. The van der Waals surface area contributed by atoms with E-state index in [1.54, 1.807) is 18.3 Å². The van der Waals surface area contributed by atoms with Gasteiger partial charge >= 0.3 is 0 Å². The molecule has 0 saturated carbocycles. The van der Waals surface area contributed by atoms with E-state index in [2.05, 4.69) is 10.3 Å². The van der Waals surface area contributed by atoms with Gasteiger partial charge < -0.3 is 5.32 Å². The summed E-state index contributed by atoms with van der Waals surface area (Å²) >= 11 is 0. The van der Waals surface area contributed by atoms with Crippen LogP contribution in [0, 0.1) is 24.1 Å². The molecular weight excluding hydrogens is 229 g/mol. The van der Waals surface area contributed by atoms with Crippen molar-refractivity contribution in [3.05, 3.63) is 59.2 Å². The van der Waals surface area contributed by atoms with Crippen molar-refractivity contribution in [2.45, 2.75) is 13.5 Å². The highest BCUT2D eigenvalue weighted by molar-refractivity contribution is 5.58. The molecule has 2 aromatic rings. The van der Waals surface area contributed by atoms with E-state index in [4.69, 9.17) is 5.26 Å². The predicted molar refractivity (Wildman–Crippen MR) is 67.4 cm³/mol. The van der Waals surface area contributed by atoms with Gasteiger partial charge in [0.25, 0.3) is 0 Å². The average molecular weight is 241 g/mol. The minimum absolute atomic E-state index is 0.0394. The number of benzene rings is 1. The Balaban J connectivity index is 2.14. The van der Waals surface area contributed by atoms with Gasteiger partial charge in [-0.1, -0.05) is 12.1 Å². The zero-order valence-electron chi connectivity index (χ0n) is 9.94. The quantitative estimate of drug-likeness (QED) is 0.898.